The Labute approximate surface area is 125 Å². The largest absolute Gasteiger partial charge is 0.457 e. The van der Waals surface area contributed by atoms with Crippen LogP contribution < -0.4 is 0 Å². The molecular weight excluding hydrogens is 325 g/mol. The molecule has 22 heavy (non-hydrogen) atoms. The highest BCUT2D eigenvalue weighted by atomic mass is 32.2. The number of carbonyl (C=O) groups excluding carboxylic acids is 1. The molecule has 124 valence electrons. The molecule has 2 saturated carbocycles. The Morgan fingerprint density at radius 1 is 1.41 bits per heavy atom. The van der Waals surface area contributed by atoms with E-state index in [1.165, 1.54) is 6.92 Å². The van der Waals surface area contributed by atoms with E-state index in [2.05, 4.69) is 6.58 Å². The molecule has 2 bridgehead atoms. The number of ether oxygens (including phenoxy) is 1. The summed E-state index contributed by atoms with van der Waals surface area (Å²) in [5.74, 6) is -3.26. The molecule has 0 spiro atoms. The molecule has 0 radical (unpaired) electrons. The molecule has 6 unspecified atom stereocenters. The van der Waals surface area contributed by atoms with Crippen molar-refractivity contribution in [2.75, 3.05) is 0 Å². The van der Waals surface area contributed by atoms with Crippen LogP contribution in [0.3, 0.4) is 0 Å². The van der Waals surface area contributed by atoms with Gasteiger partial charge in [0.15, 0.2) is 0 Å². The summed E-state index contributed by atoms with van der Waals surface area (Å²) in [6, 6.07) is 0. The predicted octanol–water partition coefficient (Wildman–Crippen LogP) is 1.79. The van der Waals surface area contributed by atoms with Crippen LogP contribution in [0.15, 0.2) is 12.2 Å². The third-order valence-electron chi connectivity index (χ3n) is 5.22. The SMILES string of the molecule is C=C(C)C(=O)OC1C2CC3OS(=O)(=O)C1C3C2(C)C(F)(F)F. The minimum Gasteiger partial charge on any atom is -0.457 e. The van der Waals surface area contributed by atoms with Gasteiger partial charge in [-0.15, -0.1) is 0 Å². The second kappa shape index (κ2) is 4.25. The highest BCUT2D eigenvalue weighted by Crippen LogP contribution is 2.69. The molecule has 1 heterocycles. The number of alkyl halides is 3. The minimum atomic E-state index is -4.61. The van der Waals surface area contributed by atoms with Gasteiger partial charge in [0.1, 0.15) is 11.4 Å². The molecular formula is C13H15F3O5S. The topological polar surface area (TPSA) is 69.7 Å². The monoisotopic (exact) mass is 340 g/mol. The Kier molecular flexibility index (Phi) is 3.05. The second-order valence-corrected chi connectivity index (χ2v) is 8.11. The normalized spacial score (nSPS) is 45.0. The van der Waals surface area contributed by atoms with Crippen LogP contribution in [0, 0.1) is 17.3 Å². The molecule has 0 amide bonds. The molecule has 1 aliphatic heterocycles. The van der Waals surface area contributed by atoms with E-state index in [-0.39, 0.29) is 12.0 Å². The fourth-order valence-electron chi connectivity index (χ4n) is 4.19. The van der Waals surface area contributed by atoms with E-state index in [1.54, 1.807) is 0 Å². The highest BCUT2D eigenvalue weighted by molar-refractivity contribution is 7.87. The maximum Gasteiger partial charge on any atom is 0.395 e. The van der Waals surface area contributed by atoms with E-state index in [0.29, 0.717) is 0 Å². The lowest BCUT2D eigenvalue weighted by molar-refractivity contribution is -0.238. The Morgan fingerprint density at radius 3 is 2.50 bits per heavy atom. The molecule has 5 nitrogen and oxygen atoms in total. The summed E-state index contributed by atoms with van der Waals surface area (Å²) in [6.07, 6.45) is -7.05. The summed E-state index contributed by atoms with van der Waals surface area (Å²) in [4.78, 5) is 11.7. The standard InChI is InChI=1S/C13H15F3O5S/c1-5(2)11(17)20-9-6-4-7-8(10(9)22(18,19)21-7)12(6,3)13(14,15)16/h6-10H,1,4H2,2-3H3. The number of esters is 1. The molecule has 9 heteroatoms. The van der Waals surface area contributed by atoms with E-state index >= 15 is 0 Å². The van der Waals surface area contributed by atoms with Crippen LogP contribution in [0.5, 0.6) is 0 Å². The molecule has 0 aromatic heterocycles. The van der Waals surface area contributed by atoms with Crippen LogP contribution in [0.25, 0.3) is 0 Å². The zero-order chi connectivity index (χ0) is 16.7. The van der Waals surface area contributed by atoms with Crippen LogP contribution >= 0.6 is 0 Å². The lowest BCUT2D eigenvalue weighted by atomic mass is 9.78. The highest BCUT2D eigenvalue weighted by Gasteiger charge is 2.81. The summed E-state index contributed by atoms with van der Waals surface area (Å²) < 4.78 is 74.7. The van der Waals surface area contributed by atoms with E-state index in [1.807, 2.05) is 0 Å². The van der Waals surface area contributed by atoms with Crippen molar-refractivity contribution in [2.24, 2.45) is 17.3 Å². The summed E-state index contributed by atoms with van der Waals surface area (Å²) >= 11 is 0. The van der Waals surface area contributed by atoms with Crippen molar-refractivity contribution in [3.8, 4) is 0 Å². The smallest absolute Gasteiger partial charge is 0.395 e. The van der Waals surface area contributed by atoms with Gasteiger partial charge < -0.3 is 4.74 Å². The molecule has 1 saturated heterocycles. The van der Waals surface area contributed by atoms with Gasteiger partial charge in [-0.25, -0.2) is 4.79 Å². The van der Waals surface area contributed by atoms with Gasteiger partial charge >= 0.3 is 12.1 Å². The third kappa shape index (κ3) is 1.75. The Bertz CT molecular complexity index is 655. The molecule has 0 aromatic carbocycles. The molecule has 0 aromatic rings. The quantitative estimate of drug-likeness (QED) is 0.435. The number of carbonyl (C=O) groups is 1. The van der Waals surface area contributed by atoms with Gasteiger partial charge in [-0.2, -0.15) is 21.6 Å². The molecule has 3 fully saturated rings. The van der Waals surface area contributed by atoms with Crippen molar-refractivity contribution in [2.45, 2.75) is 43.9 Å². The van der Waals surface area contributed by atoms with Crippen molar-refractivity contribution in [1.29, 1.82) is 0 Å². The number of fused-ring (bicyclic) bond motifs is 1. The van der Waals surface area contributed by atoms with Crippen LogP contribution in [0.2, 0.25) is 0 Å². The van der Waals surface area contributed by atoms with E-state index in [9.17, 15) is 26.4 Å². The van der Waals surface area contributed by atoms with Crippen LogP contribution in [0.1, 0.15) is 20.3 Å². The average molecular weight is 340 g/mol. The maximum absolute atomic E-state index is 13.6. The van der Waals surface area contributed by atoms with Crippen molar-refractivity contribution in [3.63, 3.8) is 0 Å². The molecule has 0 N–H and O–H groups in total. The van der Waals surface area contributed by atoms with Gasteiger partial charge in [0.05, 0.1) is 11.5 Å². The lowest BCUT2D eigenvalue weighted by Crippen LogP contribution is -2.41. The van der Waals surface area contributed by atoms with Gasteiger partial charge in [-0.1, -0.05) is 13.5 Å². The zero-order valence-corrected chi connectivity index (χ0v) is 12.7. The zero-order valence-electron chi connectivity index (χ0n) is 11.9. The van der Waals surface area contributed by atoms with E-state index < -0.39 is 57.0 Å². The Balaban J connectivity index is 2.07. The lowest BCUT2D eigenvalue weighted by Gasteiger charge is -2.32. The summed E-state index contributed by atoms with van der Waals surface area (Å²) in [5.41, 5.74) is -2.24. The van der Waals surface area contributed by atoms with Crippen molar-refractivity contribution >= 4 is 16.1 Å². The van der Waals surface area contributed by atoms with Crippen LogP contribution in [-0.4, -0.2) is 38.0 Å². The molecule has 3 aliphatic rings. The summed E-state index contributed by atoms with van der Waals surface area (Å²) in [7, 11) is -4.19. The fraction of sp³-hybridized carbons (Fsp3) is 0.769. The number of hydrogen-bond acceptors (Lipinski definition) is 5. The van der Waals surface area contributed by atoms with E-state index in [0.717, 1.165) is 6.92 Å². The molecule has 3 rings (SSSR count). The van der Waals surface area contributed by atoms with Gasteiger partial charge in [-0.05, 0) is 13.3 Å². The third-order valence-corrected chi connectivity index (χ3v) is 6.96. The first-order chi connectivity index (χ1) is 9.91. The summed E-state index contributed by atoms with van der Waals surface area (Å²) in [6.45, 7) is 5.71. The Morgan fingerprint density at radius 2 is 2.00 bits per heavy atom. The number of halogens is 3. The average Bonchev–Trinajstić information content (AvgIpc) is 2.83. The number of hydrogen-bond donors (Lipinski definition) is 0. The Hall–Kier alpha value is -1.09. The van der Waals surface area contributed by atoms with E-state index in [4.69, 9.17) is 8.92 Å². The first-order valence-corrected chi connectivity index (χ1v) is 8.23. The van der Waals surface area contributed by atoms with Gasteiger partial charge in [0.2, 0.25) is 0 Å². The minimum absolute atomic E-state index is 0.00403. The van der Waals surface area contributed by atoms with Crippen molar-refractivity contribution in [1.82, 2.24) is 0 Å². The summed E-state index contributed by atoms with van der Waals surface area (Å²) in [5, 5.41) is -1.47. The van der Waals surface area contributed by atoms with Gasteiger partial charge in [0, 0.05) is 17.4 Å². The van der Waals surface area contributed by atoms with Crippen LogP contribution in [-0.2, 0) is 23.8 Å². The van der Waals surface area contributed by atoms with Crippen LogP contribution in [0.4, 0.5) is 13.2 Å². The first-order valence-electron chi connectivity index (χ1n) is 6.76. The van der Waals surface area contributed by atoms with Gasteiger partial charge in [0.25, 0.3) is 10.1 Å². The predicted molar refractivity (Wildman–Crippen MR) is 68.0 cm³/mol. The number of rotatable bonds is 2. The molecule has 6 atom stereocenters. The second-order valence-electron chi connectivity index (χ2n) is 6.39. The van der Waals surface area contributed by atoms with Crippen molar-refractivity contribution < 1.29 is 35.3 Å². The van der Waals surface area contributed by atoms with Gasteiger partial charge in [-0.3, -0.25) is 4.18 Å². The maximum atomic E-state index is 13.6. The molecule has 2 aliphatic carbocycles. The first kappa shape index (κ1) is 15.8. The fourth-order valence-corrected chi connectivity index (χ4v) is 6.25. The van der Waals surface area contributed by atoms with Crippen molar-refractivity contribution in [3.05, 3.63) is 12.2 Å².